The van der Waals surface area contributed by atoms with Gasteiger partial charge in [-0.15, -0.1) is 13.2 Å². The van der Waals surface area contributed by atoms with E-state index >= 15 is 0 Å². The highest BCUT2D eigenvalue weighted by molar-refractivity contribution is 5.35. The van der Waals surface area contributed by atoms with Crippen LogP contribution in [0.4, 0.5) is 35.1 Å². The van der Waals surface area contributed by atoms with Crippen LogP contribution >= 0.6 is 0 Å². The summed E-state index contributed by atoms with van der Waals surface area (Å²) in [4.78, 5) is 0. The van der Waals surface area contributed by atoms with Gasteiger partial charge in [0, 0.05) is 6.07 Å². The Balaban J connectivity index is 0.00000456. The number of hydrogen-bond donors (Lipinski definition) is 0. The van der Waals surface area contributed by atoms with Gasteiger partial charge in [-0.1, -0.05) is 40.0 Å². The Bertz CT molecular complexity index is 975. The van der Waals surface area contributed by atoms with Gasteiger partial charge in [-0.05, 0) is 67.3 Å². The summed E-state index contributed by atoms with van der Waals surface area (Å²) in [5.74, 6) is -6.49. The molecule has 1 aliphatic rings. The minimum atomic E-state index is -5.20. The third-order valence-electron chi connectivity index (χ3n) is 6.26. The number of ether oxygens (including phenoxy) is 2. The second-order valence-corrected chi connectivity index (χ2v) is 8.83. The third-order valence-corrected chi connectivity index (χ3v) is 6.26. The summed E-state index contributed by atoms with van der Waals surface area (Å²) < 4.78 is 117. The van der Waals surface area contributed by atoms with Crippen molar-refractivity contribution in [3.63, 3.8) is 0 Å². The van der Waals surface area contributed by atoms with Crippen molar-refractivity contribution in [3.05, 3.63) is 58.9 Å². The molecule has 0 radical (unpaired) electrons. The van der Waals surface area contributed by atoms with Crippen molar-refractivity contribution >= 4 is 0 Å². The molecular formula is C26H30F8O2. The highest BCUT2D eigenvalue weighted by atomic mass is 19.4. The Morgan fingerprint density at radius 1 is 0.806 bits per heavy atom. The monoisotopic (exact) mass is 526 g/mol. The highest BCUT2D eigenvalue weighted by Crippen LogP contribution is 2.41. The fourth-order valence-corrected chi connectivity index (χ4v) is 4.53. The minimum absolute atomic E-state index is 0. The summed E-state index contributed by atoms with van der Waals surface area (Å²) >= 11 is 0. The first-order valence-electron chi connectivity index (χ1n) is 11.5. The predicted octanol–water partition coefficient (Wildman–Crippen LogP) is 9.62. The lowest BCUT2D eigenvalue weighted by Crippen LogP contribution is -2.26. The Kier molecular flexibility index (Phi) is 10.0. The maximum Gasteiger partial charge on any atom is 0.573 e. The van der Waals surface area contributed by atoms with E-state index in [9.17, 15) is 35.1 Å². The van der Waals surface area contributed by atoms with E-state index in [4.69, 9.17) is 0 Å². The van der Waals surface area contributed by atoms with Crippen molar-refractivity contribution in [2.75, 3.05) is 0 Å². The quantitative estimate of drug-likeness (QED) is 0.239. The van der Waals surface area contributed by atoms with E-state index in [0.717, 1.165) is 50.7 Å². The van der Waals surface area contributed by atoms with Crippen LogP contribution in [0.15, 0.2) is 30.3 Å². The van der Waals surface area contributed by atoms with E-state index in [0.29, 0.717) is 30.9 Å². The SMILES string of the molecule is C.CCCCCC1CCC(c2cc(F)c(C(F)(F)Oc3ccc(OC(F)(F)F)c(F)c3)c(F)c2)CC1. The number of benzene rings is 2. The van der Waals surface area contributed by atoms with Crippen LogP contribution in [0.3, 0.4) is 0 Å². The van der Waals surface area contributed by atoms with E-state index in [1.807, 2.05) is 0 Å². The van der Waals surface area contributed by atoms with E-state index in [1.165, 1.54) is 0 Å². The van der Waals surface area contributed by atoms with Gasteiger partial charge in [0.25, 0.3) is 0 Å². The molecular weight excluding hydrogens is 496 g/mol. The third kappa shape index (κ3) is 7.74. The Morgan fingerprint density at radius 3 is 1.94 bits per heavy atom. The van der Waals surface area contributed by atoms with Gasteiger partial charge in [-0.2, -0.15) is 8.78 Å². The van der Waals surface area contributed by atoms with Crippen LogP contribution in [-0.4, -0.2) is 6.36 Å². The maximum atomic E-state index is 14.7. The van der Waals surface area contributed by atoms with Gasteiger partial charge in [0.2, 0.25) is 0 Å². The standard InChI is InChI=1S/C25H26F8O2.CH4/c1-2-3-4-5-15-6-8-16(9-7-15)17-12-20(27)23(21(28)13-17)24(29,30)34-18-10-11-22(19(26)14-18)35-25(31,32)33;/h10-16H,2-9H2,1H3;1H4. The first-order valence-corrected chi connectivity index (χ1v) is 11.5. The maximum absolute atomic E-state index is 14.7. The molecule has 0 aliphatic heterocycles. The Hall–Kier alpha value is -2.52. The lowest BCUT2D eigenvalue weighted by atomic mass is 9.77. The lowest BCUT2D eigenvalue weighted by molar-refractivity contribution is -0.275. The summed E-state index contributed by atoms with van der Waals surface area (Å²) in [7, 11) is 0. The molecule has 2 aromatic carbocycles. The molecule has 0 bridgehead atoms. The molecule has 1 saturated carbocycles. The van der Waals surface area contributed by atoms with E-state index in [2.05, 4.69) is 16.4 Å². The molecule has 3 rings (SSSR count). The number of halogens is 8. The molecule has 1 aliphatic carbocycles. The summed E-state index contributed by atoms with van der Waals surface area (Å²) in [6.45, 7) is 2.12. The van der Waals surface area contributed by atoms with Crippen molar-refractivity contribution < 1.29 is 44.6 Å². The van der Waals surface area contributed by atoms with Crippen molar-refractivity contribution in [1.29, 1.82) is 0 Å². The number of unbranched alkanes of at least 4 members (excludes halogenated alkanes) is 2. The van der Waals surface area contributed by atoms with Crippen LogP contribution < -0.4 is 9.47 Å². The molecule has 1 fully saturated rings. The molecule has 202 valence electrons. The normalized spacial score (nSPS) is 18.5. The Morgan fingerprint density at radius 2 is 1.42 bits per heavy atom. The minimum Gasteiger partial charge on any atom is -0.429 e. The molecule has 2 nitrogen and oxygen atoms in total. The fraction of sp³-hybridized carbons (Fsp3) is 0.538. The largest absolute Gasteiger partial charge is 0.573 e. The average Bonchev–Trinajstić information content (AvgIpc) is 2.74. The summed E-state index contributed by atoms with van der Waals surface area (Å²) in [6.07, 6.45) is -2.01. The van der Waals surface area contributed by atoms with Crippen LogP contribution in [0.25, 0.3) is 0 Å². The summed E-state index contributed by atoms with van der Waals surface area (Å²) in [5, 5.41) is 0. The molecule has 36 heavy (non-hydrogen) atoms. The van der Waals surface area contributed by atoms with Gasteiger partial charge in [0.05, 0.1) is 0 Å². The van der Waals surface area contributed by atoms with Crippen molar-refractivity contribution in [1.82, 2.24) is 0 Å². The van der Waals surface area contributed by atoms with Gasteiger partial charge in [0.1, 0.15) is 22.9 Å². The van der Waals surface area contributed by atoms with Gasteiger partial charge < -0.3 is 9.47 Å². The zero-order chi connectivity index (χ0) is 25.8. The van der Waals surface area contributed by atoms with E-state index in [1.54, 1.807) is 0 Å². The molecule has 0 N–H and O–H groups in total. The Labute approximate surface area is 205 Å². The molecule has 0 spiro atoms. The summed E-state index contributed by atoms with van der Waals surface area (Å²) in [6, 6.07) is 2.92. The van der Waals surface area contributed by atoms with Crippen LogP contribution in [0, 0.1) is 23.4 Å². The molecule has 0 aromatic heterocycles. The van der Waals surface area contributed by atoms with E-state index in [-0.39, 0.29) is 25.0 Å². The zero-order valence-electron chi connectivity index (χ0n) is 19.0. The van der Waals surface area contributed by atoms with Crippen LogP contribution in [0.1, 0.15) is 82.8 Å². The number of rotatable bonds is 9. The molecule has 0 amide bonds. The van der Waals surface area contributed by atoms with Gasteiger partial charge in [-0.25, -0.2) is 13.2 Å². The van der Waals surface area contributed by atoms with Gasteiger partial charge in [0.15, 0.2) is 11.6 Å². The molecule has 2 aromatic rings. The predicted molar refractivity (Wildman–Crippen MR) is 120 cm³/mol. The first kappa shape index (κ1) is 29.7. The topological polar surface area (TPSA) is 18.5 Å². The van der Waals surface area contributed by atoms with Crippen LogP contribution in [-0.2, 0) is 6.11 Å². The van der Waals surface area contributed by atoms with Crippen molar-refractivity contribution in [3.8, 4) is 11.5 Å². The molecule has 0 saturated heterocycles. The molecule has 10 heteroatoms. The van der Waals surface area contributed by atoms with Crippen LogP contribution in [0.5, 0.6) is 11.5 Å². The van der Waals surface area contributed by atoms with Crippen LogP contribution in [0.2, 0.25) is 0 Å². The number of alkyl halides is 5. The highest BCUT2D eigenvalue weighted by Gasteiger charge is 2.42. The fourth-order valence-electron chi connectivity index (χ4n) is 4.53. The van der Waals surface area contributed by atoms with Crippen molar-refractivity contribution in [2.24, 2.45) is 5.92 Å². The summed E-state index contributed by atoms with van der Waals surface area (Å²) in [5.41, 5.74) is -1.38. The molecule has 0 heterocycles. The zero-order valence-corrected chi connectivity index (χ0v) is 19.0. The second-order valence-electron chi connectivity index (χ2n) is 8.83. The average molecular weight is 527 g/mol. The first-order chi connectivity index (χ1) is 16.4. The smallest absolute Gasteiger partial charge is 0.429 e. The van der Waals surface area contributed by atoms with E-state index < -0.39 is 47.0 Å². The number of hydrogen-bond acceptors (Lipinski definition) is 2. The molecule has 0 atom stereocenters. The van der Waals surface area contributed by atoms with Gasteiger partial charge >= 0.3 is 12.5 Å². The molecule has 0 unspecified atom stereocenters. The van der Waals surface area contributed by atoms with Crippen molar-refractivity contribution in [2.45, 2.75) is 84.1 Å². The van der Waals surface area contributed by atoms with Gasteiger partial charge in [-0.3, -0.25) is 0 Å². The lowest BCUT2D eigenvalue weighted by Gasteiger charge is -2.29. The second kappa shape index (κ2) is 12.1.